The van der Waals surface area contributed by atoms with Gasteiger partial charge in [0, 0.05) is 0 Å². The van der Waals surface area contributed by atoms with Gasteiger partial charge >= 0.3 is 0 Å². The summed E-state index contributed by atoms with van der Waals surface area (Å²) < 4.78 is 6.11. The van der Waals surface area contributed by atoms with Crippen LogP contribution in [0.5, 0.6) is 5.75 Å². The van der Waals surface area contributed by atoms with Gasteiger partial charge in [0.05, 0.1) is 27.0 Å². The van der Waals surface area contributed by atoms with Crippen LogP contribution in [0.25, 0.3) is 0 Å². The van der Waals surface area contributed by atoms with Crippen LogP contribution < -0.4 is 5.43 Å². The molecule has 0 atom stereocenters. The predicted octanol–water partition coefficient (Wildman–Crippen LogP) is 3.58. The first-order chi connectivity index (χ1) is 9.49. The highest BCUT2D eigenvalue weighted by Gasteiger charge is 2.10. The number of benzene rings is 1. The fourth-order valence-electron chi connectivity index (χ4n) is 1.51. The molecular weight excluding hydrogens is 392 g/mol. The molecule has 0 saturated heterocycles. The van der Waals surface area contributed by atoms with E-state index in [0.717, 1.165) is 0 Å². The third kappa shape index (κ3) is 3.29. The highest BCUT2D eigenvalue weighted by atomic mass is 79.9. The number of nitrogens with one attached hydrogen (secondary N) is 1. The maximum absolute atomic E-state index is 11.8. The molecule has 0 fully saturated rings. The van der Waals surface area contributed by atoms with E-state index in [1.165, 1.54) is 12.5 Å². The van der Waals surface area contributed by atoms with Gasteiger partial charge in [0.15, 0.2) is 0 Å². The topological polar surface area (TPSA) is 74.8 Å². The summed E-state index contributed by atoms with van der Waals surface area (Å²) >= 11 is 6.43. The van der Waals surface area contributed by atoms with Gasteiger partial charge in [-0.1, -0.05) is 0 Å². The second kappa shape index (κ2) is 6.23. The Bertz CT molecular complexity index is 657. The summed E-state index contributed by atoms with van der Waals surface area (Å²) in [6, 6.07) is 4.94. The van der Waals surface area contributed by atoms with Gasteiger partial charge in [-0.15, -0.1) is 0 Å². The van der Waals surface area contributed by atoms with Crippen molar-refractivity contribution in [3.8, 4) is 5.75 Å². The second-order valence-corrected chi connectivity index (χ2v) is 5.63. The van der Waals surface area contributed by atoms with E-state index in [9.17, 15) is 9.90 Å². The molecule has 0 unspecified atom stereocenters. The van der Waals surface area contributed by atoms with E-state index in [1.54, 1.807) is 25.1 Å². The number of hydrogen-bond acceptors (Lipinski definition) is 4. The van der Waals surface area contributed by atoms with E-state index in [1.807, 2.05) is 0 Å². The van der Waals surface area contributed by atoms with Gasteiger partial charge in [-0.25, -0.2) is 5.43 Å². The minimum atomic E-state index is -0.343. The van der Waals surface area contributed by atoms with Gasteiger partial charge in [-0.3, -0.25) is 4.79 Å². The monoisotopic (exact) mass is 400 g/mol. The molecule has 1 amide bonds. The zero-order valence-corrected chi connectivity index (χ0v) is 13.5. The number of carbonyl (C=O) groups is 1. The summed E-state index contributed by atoms with van der Waals surface area (Å²) in [5.41, 5.74) is 3.56. The van der Waals surface area contributed by atoms with E-state index >= 15 is 0 Å². The van der Waals surface area contributed by atoms with Crippen LogP contribution in [0.3, 0.4) is 0 Å². The average Bonchev–Trinajstić information content (AvgIpc) is 2.82. The number of amides is 1. The molecule has 1 aromatic heterocycles. The molecule has 2 rings (SSSR count). The van der Waals surface area contributed by atoms with Gasteiger partial charge in [0.25, 0.3) is 5.91 Å². The van der Waals surface area contributed by atoms with Gasteiger partial charge in [0.2, 0.25) is 0 Å². The molecule has 5 nitrogen and oxygen atoms in total. The van der Waals surface area contributed by atoms with Crippen molar-refractivity contribution in [3.05, 3.63) is 50.3 Å². The van der Waals surface area contributed by atoms with Crippen LogP contribution in [0.1, 0.15) is 21.7 Å². The minimum absolute atomic E-state index is 0.111. The van der Waals surface area contributed by atoms with Crippen molar-refractivity contribution in [1.29, 1.82) is 0 Å². The Kier molecular flexibility index (Phi) is 4.61. The molecule has 20 heavy (non-hydrogen) atoms. The average molecular weight is 402 g/mol. The fraction of sp³-hybridized carbons (Fsp3) is 0.0769. The van der Waals surface area contributed by atoms with E-state index in [-0.39, 0.29) is 11.7 Å². The summed E-state index contributed by atoms with van der Waals surface area (Å²) in [6.07, 6.45) is 2.92. The van der Waals surface area contributed by atoms with E-state index in [4.69, 9.17) is 4.42 Å². The summed E-state index contributed by atoms with van der Waals surface area (Å²) in [7, 11) is 0. The van der Waals surface area contributed by atoms with E-state index < -0.39 is 0 Å². The lowest BCUT2D eigenvalue weighted by molar-refractivity contribution is 0.0953. The number of halogens is 2. The molecule has 0 saturated carbocycles. The van der Waals surface area contributed by atoms with Gasteiger partial charge < -0.3 is 9.52 Å². The van der Waals surface area contributed by atoms with Crippen LogP contribution in [0, 0.1) is 6.92 Å². The third-order valence-corrected chi connectivity index (χ3v) is 3.73. The first kappa shape index (κ1) is 14.8. The number of phenols is 1. The summed E-state index contributed by atoms with van der Waals surface area (Å²) in [4.78, 5) is 11.8. The molecule has 0 aliphatic heterocycles. The van der Waals surface area contributed by atoms with Crippen LogP contribution in [-0.4, -0.2) is 17.2 Å². The summed E-state index contributed by atoms with van der Waals surface area (Å²) in [5, 5.41) is 13.4. The van der Waals surface area contributed by atoms with Gasteiger partial charge in [-0.2, -0.15) is 5.10 Å². The maximum Gasteiger partial charge on any atom is 0.274 e. The molecule has 0 radical (unpaired) electrons. The number of carbonyl (C=O) groups excluding carboxylic acids is 1. The minimum Gasteiger partial charge on any atom is -0.506 e. The van der Waals surface area contributed by atoms with Crippen molar-refractivity contribution in [3.63, 3.8) is 0 Å². The van der Waals surface area contributed by atoms with Crippen molar-refractivity contribution in [2.75, 3.05) is 0 Å². The molecule has 2 N–H and O–H groups in total. The number of phenolic OH excluding ortho intramolecular Hbond substituents is 1. The normalized spacial score (nSPS) is 10.9. The SMILES string of the molecule is Cc1occc1C(=O)NN=Cc1cc(Br)c(O)c(Br)c1. The molecule has 1 aromatic carbocycles. The highest BCUT2D eigenvalue weighted by molar-refractivity contribution is 9.11. The number of hydrazone groups is 1. The smallest absolute Gasteiger partial charge is 0.274 e. The second-order valence-electron chi connectivity index (χ2n) is 3.92. The maximum atomic E-state index is 11.8. The standard InChI is InChI=1S/C13H10Br2N2O3/c1-7-9(2-3-20-7)13(19)17-16-6-8-4-10(14)12(18)11(15)5-8/h2-6,18H,1H3,(H,17,19). The van der Waals surface area contributed by atoms with Crippen LogP contribution >= 0.6 is 31.9 Å². The summed E-state index contributed by atoms with van der Waals surface area (Å²) in [5.74, 6) is 0.303. The Morgan fingerprint density at radius 2 is 2.05 bits per heavy atom. The highest BCUT2D eigenvalue weighted by Crippen LogP contribution is 2.32. The van der Waals surface area contributed by atoms with Crippen molar-refractivity contribution in [1.82, 2.24) is 5.43 Å². The molecule has 0 spiro atoms. The zero-order chi connectivity index (χ0) is 14.7. The lowest BCUT2D eigenvalue weighted by Crippen LogP contribution is -2.17. The van der Waals surface area contributed by atoms with Crippen molar-refractivity contribution in [2.24, 2.45) is 5.10 Å². The molecule has 0 bridgehead atoms. The molecule has 2 aromatic rings. The lowest BCUT2D eigenvalue weighted by atomic mass is 10.2. The predicted molar refractivity (Wildman–Crippen MR) is 82.0 cm³/mol. The van der Waals surface area contributed by atoms with Crippen LogP contribution in [0.2, 0.25) is 0 Å². The van der Waals surface area contributed by atoms with Crippen LogP contribution in [0.15, 0.2) is 42.9 Å². The zero-order valence-electron chi connectivity index (χ0n) is 10.4. The van der Waals surface area contributed by atoms with Crippen LogP contribution in [0.4, 0.5) is 0 Å². The Morgan fingerprint density at radius 1 is 1.40 bits per heavy atom. The first-order valence-corrected chi connectivity index (χ1v) is 7.13. The Balaban J connectivity index is 2.08. The van der Waals surface area contributed by atoms with Crippen molar-refractivity contribution >= 4 is 44.0 Å². The fourth-order valence-corrected chi connectivity index (χ4v) is 2.73. The summed E-state index contributed by atoms with van der Waals surface area (Å²) in [6.45, 7) is 1.70. The number of aromatic hydroxyl groups is 1. The number of rotatable bonds is 3. The molecule has 104 valence electrons. The molecule has 0 aliphatic rings. The van der Waals surface area contributed by atoms with Crippen molar-refractivity contribution in [2.45, 2.75) is 6.92 Å². The molecular formula is C13H10Br2N2O3. The van der Waals surface area contributed by atoms with Gasteiger partial charge in [0.1, 0.15) is 11.5 Å². The number of aryl methyl sites for hydroxylation is 1. The van der Waals surface area contributed by atoms with E-state index in [0.29, 0.717) is 25.8 Å². The quantitative estimate of drug-likeness (QED) is 0.609. The van der Waals surface area contributed by atoms with Crippen LogP contribution in [-0.2, 0) is 0 Å². The third-order valence-electron chi connectivity index (χ3n) is 2.52. The first-order valence-electron chi connectivity index (χ1n) is 5.54. The number of hydrogen-bond donors (Lipinski definition) is 2. The van der Waals surface area contributed by atoms with Gasteiger partial charge in [-0.05, 0) is 62.5 Å². The Hall–Kier alpha value is -1.60. The lowest BCUT2D eigenvalue weighted by Gasteiger charge is -2.02. The Labute approximate surface area is 131 Å². The molecule has 7 heteroatoms. The van der Waals surface area contributed by atoms with E-state index in [2.05, 4.69) is 42.4 Å². The Morgan fingerprint density at radius 3 is 2.60 bits per heavy atom. The number of nitrogens with zero attached hydrogens (tertiary/aromatic N) is 1. The molecule has 0 aliphatic carbocycles. The van der Waals surface area contributed by atoms with Crippen molar-refractivity contribution < 1.29 is 14.3 Å². The largest absolute Gasteiger partial charge is 0.506 e. The number of furan rings is 1. The molecule has 1 heterocycles.